The number of para-hydroxylation sites is 1. The molecule has 0 spiro atoms. The highest BCUT2D eigenvalue weighted by Gasteiger charge is 2.26. The molecule has 1 rings (SSSR count). The van der Waals surface area contributed by atoms with Crippen molar-refractivity contribution in [2.45, 2.75) is 13.8 Å². The van der Waals surface area contributed by atoms with Crippen LogP contribution in [0, 0.1) is 5.41 Å². The van der Waals surface area contributed by atoms with Gasteiger partial charge in [-0.05, 0) is 26.0 Å². The number of anilines is 1. The first kappa shape index (κ1) is 11.5. The zero-order chi connectivity index (χ0) is 11.3. The Kier molecular flexibility index (Phi) is 3.68. The van der Waals surface area contributed by atoms with Gasteiger partial charge in [0.25, 0.3) is 0 Å². The van der Waals surface area contributed by atoms with E-state index in [4.69, 9.17) is 5.11 Å². The summed E-state index contributed by atoms with van der Waals surface area (Å²) in [5.74, 6) is -0.242. The lowest BCUT2D eigenvalue weighted by Gasteiger charge is -2.21. The van der Waals surface area contributed by atoms with Crippen molar-refractivity contribution in [3.8, 4) is 0 Å². The van der Waals surface area contributed by atoms with Crippen molar-refractivity contribution >= 4 is 11.6 Å². The van der Waals surface area contributed by atoms with E-state index in [9.17, 15) is 4.79 Å². The molecule has 0 atom stereocenters. The lowest BCUT2D eigenvalue weighted by Crippen LogP contribution is -2.42. The van der Waals surface area contributed by atoms with E-state index in [0.717, 1.165) is 5.69 Å². The number of carbonyl (C=O) groups is 1. The van der Waals surface area contributed by atoms with Gasteiger partial charge >= 0.3 is 0 Å². The van der Waals surface area contributed by atoms with E-state index in [0.29, 0.717) is 0 Å². The predicted octanol–water partition coefficient (Wildman–Crippen LogP) is 1.15. The monoisotopic (exact) mass is 208 g/mol. The Morgan fingerprint density at radius 2 is 1.93 bits per heavy atom. The number of hydrogen-bond donors (Lipinski definition) is 3. The summed E-state index contributed by atoms with van der Waals surface area (Å²) in [5, 5.41) is 8.97. The number of hydrazine groups is 1. The van der Waals surface area contributed by atoms with Crippen LogP contribution in [0.25, 0.3) is 0 Å². The topological polar surface area (TPSA) is 61.4 Å². The smallest absolute Gasteiger partial charge is 0.246 e. The number of aliphatic hydroxyl groups excluding tert-OH is 1. The number of amides is 1. The van der Waals surface area contributed by atoms with E-state index < -0.39 is 5.41 Å². The van der Waals surface area contributed by atoms with Gasteiger partial charge in [-0.15, -0.1) is 0 Å². The number of nitrogens with one attached hydrogen (secondary N) is 2. The molecule has 0 aliphatic rings. The second-order valence-corrected chi connectivity index (χ2v) is 3.99. The molecule has 0 aliphatic heterocycles. The van der Waals surface area contributed by atoms with Gasteiger partial charge in [0, 0.05) is 0 Å². The summed E-state index contributed by atoms with van der Waals surface area (Å²) in [7, 11) is 0. The normalized spacial score (nSPS) is 10.9. The first-order valence-corrected chi connectivity index (χ1v) is 4.78. The van der Waals surface area contributed by atoms with Gasteiger partial charge in [-0.1, -0.05) is 18.2 Å². The maximum atomic E-state index is 11.5. The minimum absolute atomic E-state index is 0.185. The zero-order valence-corrected chi connectivity index (χ0v) is 8.95. The third-order valence-corrected chi connectivity index (χ3v) is 2.10. The third-order valence-electron chi connectivity index (χ3n) is 2.10. The molecule has 3 N–H and O–H groups in total. The van der Waals surface area contributed by atoms with Gasteiger partial charge in [0.2, 0.25) is 5.91 Å². The van der Waals surface area contributed by atoms with Crippen molar-refractivity contribution in [1.29, 1.82) is 0 Å². The summed E-state index contributed by atoms with van der Waals surface area (Å²) in [6, 6.07) is 9.31. The second kappa shape index (κ2) is 4.79. The Morgan fingerprint density at radius 3 is 2.47 bits per heavy atom. The Hall–Kier alpha value is -1.55. The largest absolute Gasteiger partial charge is 0.395 e. The standard InChI is InChI=1S/C11H16N2O2/c1-11(2,8-14)10(15)13-12-9-6-4-3-5-7-9/h3-7,12,14H,8H2,1-2H3,(H,13,15). The van der Waals surface area contributed by atoms with Crippen LogP contribution in [0.15, 0.2) is 30.3 Å². The maximum absolute atomic E-state index is 11.5. The number of hydrogen-bond acceptors (Lipinski definition) is 3. The molecule has 1 aromatic rings. The number of carbonyl (C=O) groups excluding carboxylic acids is 1. The SMILES string of the molecule is CC(C)(CO)C(=O)NNc1ccccc1. The minimum Gasteiger partial charge on any atom is -0.395 e. The van der Waals surface area contributed by atoms with Gasteiger partial charge in [0.1, 0.15) is 0 Å². The van der Waals surface area contributed by atoms with E-state index in [1.807, 2.05) is 30.3 Å². The van der Waals surface area contributed by atoms with Crippen LogP contribution in [0.1, 0.15) is 13.8 Å². The van der Waals surface area contributed by atoms with Crippen LogP contribution in [0.4, 0.5) is 5.69 Å². The summed E-state index contributed by atoms with van der Waals surface area (Å²) >= 11 is 0. The molecule has 0 heterocycles. The van der Waals surface area contributed by atoms with Crippen molar-refractivity contribution in [1.82, 2.24) is 5.43 Å². The van der Waals surface area contributed by atoms with E-state index in [1.165, 1.54) is 0 Å². The molecule has 1 aromatic carbocycles. The lowest BCUT2D eigenvalue weighted by molar-refractivity contribution is -0.130. The molecule has 0 radical (unpaired) electrons. The van der Waals surface area contributed by atoms with Crippen molar-refractivity contribution in [3.05, 3.63) is 30.3 Å². The fourth-order valence-electron chi connectivity index (χ4n) is 0.891. The third kappa shape index (κ3) is 3.25. The number of benzene rings is 1. The molecule has 0 unspecified atom stereocenters. The first-order valence-electron chi connectivity index (χ1n) is 4.78. The fourth-order valence-corrected chi connectivity index (χ4v) is 0.891. The molecule has 0 fully saturated rings. The zero-order valence-electron chi connectivity index (χ0n) is 8.95. The van der Waals surface area contributed by atoms with Crippen LogP contribution < -0.4 is 10.9 Å². The second-order valence-electron chi connectivity index (χ2n) is 3.99. The molecule has 15 heavy (non-hydrogen) atoms. The summed E-state index contributed by atoms with van der Waals surface area (Å²) in [5.41, 5.74) is 5.34. The maximum Gasteiger partial charge on any atom is 0.246 e. The van der Waals surface area contributed by atoms with Crippen molar-refractivity contribution < 1.29 is 9.90 Å². The molecule has 0 saturated carbocycles. The quantitative estimate of drug-likeness (QED) is 0.650. The van der Waals surface area contributed by atoms with Crippen LogP contribution in [0.3, 0.4) is 0 Å². The molecule has 1 amide bonds. The van der Waals surface area contributed by atoms with Gasteiger partial charge in [-0.3, -0.25) is 15.6 Å². The Labute approximate surface area is 89.3 Å². The summed E-state index contributed by atoms with van der Waals surface area (Å²) < 4.78 is 0. The summed E-state index contributed by atoms with van der Waals surface area (Å²) in [6.45, 7) is 3.17. The average molecular weight is 208 g/mol. The van der Waals surface area contributed by atoms with Crippen LogP contribution in [0.5, 0.6) is 0 Å². The predicted molar refractivity (Wildman–Crippen MR) is 59.1 cm³/mol. The molecule has 0 aromatic heterocycles. The Balaban J connectivity index is 2.48. The Bertz CT molecular complexity index is 323. The fraction of sp³-hybridized carbons (Fsp3) is 0.364. The molecule has 0 aliphatic carbocycles. The van der Waals surface area contributed by atoms with E-state index in [1.54, 1.807) is 13.8 Å². The Morgan fingerprint density at radius 1 is 1.33 bits per heavy atom. The highest BCUT2D eigenvalue weighted by Crippen LogP contribution is 2.13. The summed E-state index contributed by atoms with van der Waals surface area (Å²) in [6.07, 6.45) is 0. The molecule has 0 bridgehead atoms. The van der Waals surface area contributed by atoms with Gasteiger partial charge in [-0.25, -0.2) is 0 Å². The van der Waals surface area contributed by atoms with Gasteiger partial charge in [0.05, 0.1) is 17.7 Å². The van der Waals surface area contributed by atoms with Crippen molar-refractivity contribution in [3.63, 3.8) is 0 Å². The number of aliphatic hydroxyl groups is 1. The van der Waals surface area contributed by atoms with E-state index in [-0.39, 0.29) is 12.5 Å². The summed E-state index contributed by atoms with van der Waals surface area (Å²) in [4.78, 5) is 11.5. The molecular weight excluding hydrogens is 192 g/mol. The van der Waals surface area contributed by atoms with Gasteiger partial charge < -0.3 is 5.11 Å². The van der Waals surface area contributed by atoms with Crippen molar-refractivity contribution in [2.75, 3.05) is 12.0 Å². The highest BCUT2D eigenvalue weighted by molar-refractivity contribution is 5.83. The first-order chi connectivity index (χ1) is 7.06. The number of rotatable bonds is 4. The van der Waals surface area contributed by atoms with E-state index >= 15 is 0 Å². The van der Waals surface area contributed by atoms with Crippen LogP contribution in [0.2, 0.25) is 0 Å². The highest BCUT2D eigenvalue weighted by atomic mass is 16.3. The van der Waals surface area contributed by atoms with E-state index in [2.05, 4.69) is 10.9 Å². The molecular formula is C11H16N2O2. The van der Waals surface area contributed by atoms with Crippen molar-refractivity contribution in [2.24, 2.45) is 5.41 Å². The van der Waals surface area contributed by atoms with Gasteiger partial charge in [0.15, 0.2) is 0 Å². The minimum atomic E-state index is -0.776. The lowest BCUT2D eigenvalue weighted by atomic mass is 9.94. The molecule has 82 valence electrons. The molecule has 0 saturated heterocycles. The molecule has 4 nitrogen and oxygen atoms in total. The van der Waals surface area contributed by atoms with Crippen LogP contribution >= 0.6 is 0 Å². The van der Waals surface area contributed by atoms with Gasteiger partial charge in [-0.2, -0.15) is 0 Å². The molecule has 4 heteroatoms. The average Bonchev–Trinajstić information content (AvgIpc) is 2.27. The van der Waals surface area contributed by atoms with Crippen LogP contribution in [-0.4, -0.2) is 17.6 Å². The van der Waals surface area contributed by atoms with Crippen LogP contribution in [-0.2, 0) is 4.79 Å².